The molecule has 1 atom stereocenters. The van der Waals surface area contributed by atoms with Crippen molar-refractivity contribution < 1.29 is 4.79 Å². The average Bonchev–Trinajstić information content (AvgIpc) is 2.92. The summed E-state index contributed by atoms with van der Waals surface area (Å²) in [7, 11) is 0. The number of aromatic nitrogens is 1. The molecular weight excluding hydrogens is 260 g/mol. The largest absolute Gasteiger partial charge is 0.346 e. The van der Waals surface area contributed by atoms with Gasteiger partial charge in [-0.25, -0.2) is 0 Å². The Morgan fingerprint density at radius 1 is 1.21 bits per heavy atom. The lowest BCUT2D eigenvalue weighted by Gasteiger charge is -2.18. The first-order valence-corrected chi connectivity index (χ1v) is 6.73. The van der Waals surface area contributed by atoms with Crippen LogP contribution in [0.15, 0.2) is 36.5 Å². The van der Waals surface area contributed by atoms with E-state index in [1.165, 1.54) is 0 Å². The van der Waals surface area contributed by atoms with Crippen LogP contribution in [0.25, 0.3) is 0 Å². The number of carbonyl (C=O) groups is 1. The van der Waals surface area contributed by atoms with E-state index in [0.29, 0.717) is 11.1 Å². The van der Waals surface area contributed by atoms with E-state index >= 15 is 0 Å². The number of amides is 1. The molecule has 3 nitrogen and oxygen atoms in total. The maximum atomic E-state index is 12.0. The molecule has 0 fully saturated rings. The summed E-state index contributed by atoms with van der Waals surface area (Å²) in [5, 5.41) is 3.73. The molecule has 3 rings (SSSR count). The number of fused-ring (bicyclic) bond motifs is 1. The van der Waals surface area contributed by atoms with Gasteiger partial charge in [0.05, 0.1) is 17.3 Å². The smallest absolute Gasteiger partial charge is 0.254 e. The van der Waals surface area contributed by atoms with Crippen LogP contribution in [-0.2, 0) is 0 Å². The second kappa shape index (κ2) is 4.42. The van der Waals surface area contributed by atoms with Gasteiger partial charge >= 0.3 is 0 Å². The van der Waals surface area contributed by atoms with Gasteiger partial charge in [0.1, 0.15) is 0 Å². The molecule has 2 heterocycles. The minimum atomic E-state index is -0.0860. The molecule has 19 heavy (non-hydrogen) atoms. The Morgan fingerprint density at radius 2 is 1.89 bits per heavy atom. The summed E-state index contributed by atoms with van der Waals surface area (Å²) in [6.07, 6.45) is 1.98. The summed E-state index contributed by atoms with van der Waals surface area (Å²) in [5.41, 5.74) is 2.87. The second-order valence-electron chi connectivity index (χ2n) is 5.07. The normalized spacial score (nSPS) is 17.7. The molecule has 1 aromatic carbocycles. The number of hydrogen-bond donors (Lipinski definition) is 1. The molecule has 1 N–H and O–H groups in total. The Kier molecular flexibility index (Phi) is 2.86. The van der Waals surface area contributed by atoms with Crippen molar-refractivity contribution in [3.63, 3.8) is 0 Å². The molecule has 0 saturated carbocycles. The van der Waals surface area contributed by atoms with Crippen LogP contribution < -0.4 is 5.32 Å². The van der Waals surface area contributed by atoms with E-state index in [4.69, 9.17) is 11.6 Å². The lowest BCUT2D eigenvalue weighted by molar-refractivity contribution is 0.0960. The fourth-order valence-corrected chi connectivity index (χ4v) is 2.71. The third-order valence-corrected chi connectivity index (χ3v) is 3.76. The van der Waals surface area contributed by atoms with Gasteiger partial charge in [0.15, 0.2) is 0 Å². The van der Waals surface area contributed by atoms with Crippen molar-refractivity contribution >= 4 is 17.5 Å². The Labute approximate surface area is 117 Å². The molecule has 1 aliphatic heterocycles. The standard InChI is InChI=1S/C15H15ClN2O/c1-9(2)18-8-7-12-14(18)13(17-15(12)19)10-3-5-11(16)6-4-10/h3-9,13H,1-2H3,(H,17,19). The maximum absolute atomic E-state index is 12.0. The molecular formula is C15H15ClN2O. The molecule has 0 aliphatic carbocycles. The summed E-state index contributed by atoms with van der Waals surface area (Å²) < 4.78 is 2.15. The maximum Gasteiger partial charge on any atom is 0.254 e. The SMILES string of the molecule is CC(C)n1ccc2c1C(c1ccc(Cl)cc1)NC2=O. The number of carbonyl (C=O) groups excluding carboxylic acids is 1. The highest BCUT2D eigenvalue weighted by atomic mass is 35.5. The number of nitrogens with zero attached hydrogens (tertiary/aromatic N) is 1. The molecule has 98 valence electrons. The minimum Gasteiger partial charge on any atom is -0.346 e. The second-order valence-corrected chi connectivity index (χ2v) is 5.51. The summed E-state index contributed by atoms with van der Waals surface area (Å²) >= 11 is 5.92. The summed E-state index contributed by atoms with van der Waals surface area (Å²) in [5.74, 6) is -0.00523. The fourth-order valence-electron chi connectivity index (χ4n) is 2.58. The molecule has 0 radical (unpaired) electrons. The van der Waals surface area contributed by atoms with E-state index in [1.54, 1.807) is 0 Å². The van der Waals surface area contributed by atoms with Crippen LogP contribution in [0.3, 0.4) is 0 Å². The quantitative estimate of drug-likeness (QED) is 0.893. The van der Waals surface area contributed by atoms with Crippen LogP contribution in [0.2, 0.25) is 5.02 Å². The first-order valence-electron chi connectivity index (χ1n) is 6.35. The van der Waals surface area contributed by atoms with E-state index in [9.17, 15) is 4.79 Å². The topological polar surface area (TPSA) is 34.0 Å². The van der Waals surface area contributed by atoms with Crippen molar-refractivity contribution in [2.75, 3.05) is 0 Å². The molecule has 1 amide bonds. The summed E-state index contributed by atoms with van der Waals surface area (Å²) in [6.45, 7) is 4.23. The van der Waals surface area contributed by atoms with Gasteiger partial charge in [-0.15, -0.1) is 0 Å². The van der Waals surface area contributed by atoms with Crippen LogP contribution in [0, 0.1) is 0 Å². The van der Waals surface area contributed by atoms with E-state index in [-0.39, 0.29) is 11.9 Å². The van der Waals surface area contributed by atoms with Crippen molar-refractivity contribution in [1.82, 2.24) is 9.88 Å². The minimum absolute atomic E-state index is 0.00523. The average molecular weight is 275 g/mol. The van der Waals surface area contributed by atoms with Gasteiger partial charge in [-0.1, -0.05) is 23.7 Å². The first kappa shape index (κ1) is 12.3. The van der Waals surface area contributed by atoms with Crippen LogP contribution in [0.1, 0.15) is 47.5 Å². The fraction of sp³-hybridized carbons (Fsp3) is 0.267. The number of halogens is 1. The predicted molar refractivity (Wildman–Crippen MR) is 75.6 cm³/mol. The highest BCUT2D eigenvalue weighted by Crippen LogP contribution is 2.33. The van der Waals surface area contributed by atoms with Crippen LogP contribution in [-0.4, -0.2) is 10.5 Å². The van der Waals surface area contributed by atoms with Gasteiger partial charge in [-0.2, -0.15) is 0 Å². The summed E-state index contributed by atoms with van der Waals surface area (Å²) in [4.78, 5) is 12.0. The van der Waals surface area contributed by atoms with Gasteiger partial charge in [0.25, 0.3) is 5.91 Å². The summed E-state index contributed by atoms with van der Waals surface area (Å²) in [6, 6.07) is 9.75. The highest BCUT2D eigenvalue weighted by Gasteiger charge is 2.33. The monoisotopic (exact) mass is 274 g/mol. The number of benzene rings is 1. The molecule has 0 bridgehead atoms. The zero-order chi connectivity index (χ0) is 13.6. The lowest BCUT2D eigenvalue weighted by Crippen LogP contribution is -2.22. The molecule has 0 saturated heterocycles. The zero-order valence-electron chi connectivity index (χ0n) is 10.9. The van der Waals surface area contributed by atoms with Crippen LogP contribution in [0.5, 0.6) is 0 Å². The van der Waals surface area contributed by atoms with Gasteiger partial charge < -0.3 is 9.88 Å². The van der Waals surface area contributed by atoms with Crippen LogP contribution in [0.4, 0.5) is 0 Å². The van der Waals surface area contributed by atoms with Gasteiger partial charge in [-0.05, 0) is 37.6 Å². The Bertz CT molecular complexity index is 628. The molecule has 0 spiro atoms. The van der Waals surface area contributed by atoms with Crippen LogP contribution >= 0.6 is 11.6 Å². The van der Waals surface area contributed by atoms with E-state index < -0.39 is 0 Å². The molecule has 1 aliphatic rings. The van der Waals surface area contributed by atoms with Crippen molar-refractivity contribution in [3.05, 3.63) is 58.4 Å². The van der Waals surface area contributed by atoms with E-state index in [0.717, 1.165) is 16.8 Å². The van der Waals surface area contributed by atoms with Gasteiger partial charge in [0, 0.05) is 17.3 Å². The number of rotatable bonds is 2. The van der Waals surface area contributed by atoms with Crippen molar-refractivity contribution in [2.45, 2.75) is 25.9 Å². The van der Waals surface area contributed by atoms with Crippen molar-refractivity contribution in [2.24, 2.45) is 0 Å². The first-order chi connectivity index (χ1) is 9.08. The third-order valence-electron chi connectivity index (χ3n) is 3.51. The Morgan fingerprint density at radius 3 is 2.53 bits per heavy atom. The van der Waals surface area contributed by atoms with Crippen molar-refractivity contribution in [3.8, 4) is 0 Å². The Balaban J connectivity index is 2.10. The van der Waals surface area contributed by atoms with E-state index in [1.807, 2.05) is 36.5 Å². The van der Waals surface area contributed by atoms with E-state index in [2.05, 4.69) is 23.7 Å². The Hall–Kier alpha value is -1.74. The lowest BCUT2D eigenvalue weighted by atomic mass is 10.0. The number of nitrogens with one attached hydrogen (secondary N) is 1. The zero-order valence-corrected chi connectivity index (χ0v) is 11.6. The molecule has 4 heteroatoms. The highest BCUT2D eigenvalue weighted by molar-refractivity contribution is 6.30. The predicted octanol–water partition coefficient (Wildman–Crippen LogP) is 3.56. The number of hydrogen-bond acceptors (Lipinski definition) is 1. The third kappa shape index (κ3) is 1.94. The molecule has 2 aromatic rings. The van der Waals surface area contributed by atoms with Gasteiger partial charge in [0.2, 0.25) is 0 Å². The molecule has 1 unspecified atom stereocenters. The van der Waals surface area contributed by atoms with Gasteiger partial charge in [-0.3, -0.25) is 4.79 Å². The molecule has 1 aromatic heterocycles. The van der Waals surface area contributed by atoms with Crippen molar-refractivity contribution in [1.29, 1.82) is 0 Å².